The standard InChI is InChI=1S/C28H34N4O4/c1-32(17-20-5-3-2-4-6-20)18-25-14-24(31-36-25)12-23-16-29-10-9-22(23)13-28(33)30-15-21-7-8-26-27(11-21)35-19-34-26/h2-8,11,14,22-23,29H,9-10,12-13,15-19H2,1H3,(H,30,33)/t22-,23-/m0/s1. The van der Waals surface area contributed by atoms with Crippen LogP contribution in [-0.4, -0.2) is 42.9 Å². The highest BCUT2D eigenvalue weighted by molar-refractivity contribution is 5.76. The van der Waals surface area contributed by atoms with Crippen LogP contribution >= 0.6 is 0 Å². The van der Waals surface area contributed by atoms with Crippen molar-refractivity contribution in [1.29, 1.82) is 0 Å². The third-order valence-corrected chi connectivity index (χ3v) is 6.94. The van der Waals surface area contributed by atoms with Crippen LogP contribution in [-0.2, 0) is 30.8 Å². The van der Waals surface area contributed by atoms with Gasteiger partial charge < -0.3 is 24.6 Å². The minimum Gasteiger partial charge on any atom is -0.454 e. The van der Waals surface area contributed by atoms with Crippen molar-refractivity contribution in [2.24, 2.45) is 11.8 Å². The Hall–Kier alpha value is -3.36. The molecule has 8 heteroatoms. The highest BCUT2D eigenvalue weighted by Gasteiger charge is 2.28. The van der Waals surface area contributed by atoms with Crippen LogP contribution in [0.2, 0.25) is 0 Å². The van der Waals surface area contributed by atoms with Gasteiger partial charge in [-0.05, 0) is 68.1 Å². The van der Waals surface area contributed by atoms with Gasteiger partial charge in [-0.1, -0.05) is 41.6 Å². The number of ether oxygens (including phenoxy) is 2. The Bertz CT molecular complexity index is 1150. The maximum atomic E-state index is 12.8. The third-order valence-electron chi connectivity index (χ3n) is 6.94. The average molecular weight is 491 g/mol. The van der Waals surface area contributed by atoms with E-state index < -0.39 is 0 Å². The average Bonchev–Trinajstić information content (AvgIpc) is 3.53. The molecule has 190 valence electrons. The predicted molar refractivity (Wildman–Crippen MR) is 135 cm³/mol. The van der Waals surface area contributed by atoms with Gasteiger partial charge in [0.2, 0.25) is 12.7 Å². The lowest BCUT2D eigenvalue weighted by molar-refractivity contribution is -0.122. The molecule has 0 radical (unpaired) electrons. The summed E-state index contributed by atoms with van der Waals surface area (Å²) < 4.78 is 16.4. The van der Waals surface area contributed by atoms with E-state index in [1.54, 1.807) is 0 Å². The van der Waals surface area contributed by atoms with Gasteiger partial charge in [-0.25, -0.2) is 0 Å². The van der Waals surface area contributed by atoms with Crippen LogP contribution in [0.3, 0.4) is 0 Å². The summed E-state index contributed by atoms with van der Waals surface area (Å²) in [4.78, 5) is 15.0. The number of carbonyl (C=O) groups excluding carboxylic acids is 1. The van der Waals surface area contributed by atoms with Gasteiger partial charge in [0.1, 0.15) is 0 Å². The fourth-order valence-electron chi connectivity index (χ4n) is 5.06. The molecule has 1 saturated heterocycles. The SMILES string of the molecule is CN(Cc1ccccc1)Cc1cc(C[C@H]2CNCC[C@H]2CC(=O)NCc2ccc3c(c2)OCO3)no1. The van der Waals surface area contributed by atoms with Gasteiger partial charge in [0.05, 0.1) is 12.2 Å². The molecule has 0 saturated carbocycles. The summed E-state index contributed by atoms with van der Waals surface area (Å²) in [7, 11) is 2.08. The van der Waals surface area contributed by atoms with Gasteiger partial charge in [0, 0.05) is 25.6 Å². The fourth-order valence-corrected chi connectivity index (χ4v) is 5.06. The zero-order chi connectivity index (χ0) is 24.7. The molecule has 2 aliphatic heterocycles. The minimum atomic E-state index is 0.0768. The number of benzene rings is 2. The van der Waals surface area contributed by atoms with E-state index in [0.717, 1.165) is 61.0 Å². The Labute approximate surface area is 211 Å². The van der Waals surface area contributed by atoms with E-state index >= 15 is 0 Å². The lowest BCUT2D eigenvalue weighted by atomic mass is 9.81. The van der Waals surface area contributed by atoms with Crippen LogP contribution in [0.5, 0.6) is 11.5 Å². The molecule has 5 rings (SSSR count). The summed E-state index contributed by atoms with van der Waals surface area (Å²) in [5.74, 6) is 3.08. The molecule has 1 fully saturated rings. The molecular weight excluding hydrogens is 456 g/mol. The van der Waals surface area contributed by atoms with Crippen molar-refractivity contribution in [2.75, 3.05) is 26.9 Å². The number of carbonyl (C=O) groups is 1. The van der Waals surface area contributed by atoms with Crippen molar-refractivity contribution in [2.45, 2.75) is 38.9 Å². The highest BCUT2D eigenvalue weighted by atomic mass is 16.7. The first-order valence-corrected chi connectivity index (χ1v) is 12.7. The molecule has 0 spiro atoms. The van der Waals surface area contributed by atoms with Crippen LogP contribution in [0.1, 0.15) is 35.4 Å². The predicted octanol–water partition coefficient (Wildman–Crippen LogP) is 3.51. The molecule has 36 heavy (non-hydrogen) atoms. The van der Waals surface area contributed by atoms with E-state index in [2.05, 4.69) is 58.1 Å². The molecule has 2 N–H and O–H groups in total. The summed E-state index contributed by atoms with van der Waals surface area (Å²) in [5.41, 5.74) is 3.23. The van der Waals surface area contributed by atoms with Crippen molar-refractivity contribution < 1.29 is 18.8 Å². The van der Waals surface area contributed by atoms with Gasteiger partial charge in [-0.2, -0.15) is 0 Å². The van der Waals surface area contributed by atoms with E-state index in [4.69, 9.17) is 14.0 Å². The van der Waals surface area contributed by atoms with Gasteiger partial charge in [-0.15, -0.1) is 0 Å². The number of rotatable bonds is 10. The molecule has 3 heterocycles. The Morgan fingerprint density at radius 1 is 1.06 bits per heavy atom. The fraction of sp³-hybridized carbons (Fsp3) is 0.429. The number of aromatic nitrogens is 1. The lowest BCUT2D eigenvalue weighted by Gasteiger charge is -2.31. The second-order valence-corrected chi connectivity index (χ2v) is 9.83. The van der Waals surface area contributed by atoms with Gasteiger partial charge in [0.25, 0.3) is 0 Å². The van der Waals surface area contributed by atoms with Gasteiger partial charge >= 0.3 is 0 Å². The molecule has 3 aromatic rings. The largest absolute Gasteiger partial charge is 0.454 e. The van der Waals surface area contributed by atoms with Crippen LogP contribution in [0.15, 0.2) is 59.1 Å². The third kappa shape index (κ3) is 6.44. The molecule has 1 aromatic heterocycles. The second-order valence-electron chi connectivity index (χ2n) is 9.83. The molecule has 2 aliphatic rings. The summed E-state index contributed by atoms with van der Waals surface area (Å²) in [6.07, 6.45) is 2.30. The van der Waals surface area contributed by atoms with E-state index in [-0.39, 0.29) is 12.7 Å². The van der Waals surface area contributed by atoms with Crippen LogP contribution in [0, 0.1) is 11.8 Å². The van der Waals surface area contributed by atoms with Crippen LogP contribution in [0.25, 0.3) is 0 Å². The molecule has 0 bridgehead atoms. The van der Waals surface area contributed by atoms with Gasteiger partial charge in [0.15, 0.2) is 17.3 Å². The summed E-state index contributed by atoms with van der Waals surface area (Å²) >= 11 is 0. The lowest BCUT2D eigenvalue weighted by Crippen LogP contribution is -2.40. The Morgan fingerprint density at radius 3 is 2.81 bits per heavy atom. The smallest absolute Gasteiger partial charge is 0.231 e. The number of hydrogen-bond acceptors (Lipinski definition) is 7. The van der Waals surface area contributed by atoms with E-state index in [0.29, 0.717) is 31.3 Å². The maximum absolute atomic E-state index is 12.8. The molecule has 0 unspecified atom stereocenters. The molecule has 1 amide bonds. The molecule has 0 aliphatic carbocycles. The normalized spacial score (nSPS) is 18.9. The minimum absolute atomic E-state index is 0.0768. The number of nitrogens with one attached hydrogen (secondary N) is 2. The molecule has 2 aromatic carbocycles. The van der Waals surface area contributed by atoms with Crippen molar-refractivity contribution in [3.8, 4) is 11.5 Å². The first-order valence-electron chi connectivity index (χ1n) is 12.7. The van der Waals surface area contributed by atoms with Crippen molar-refractivity contribution in [3.63, 3.8) is 0 Å². The first kappa shape index (κ1) is 24.3. The summed E-state index contributed by atoms with van der Waals surface area (Å²) in [6, 6.07) is 18.2. The van der Waals surface area contributed by atoms with E-state index in [1.807, 2.05) is 24.3 Å². The first-order chi connectivity index (χ1) is 17.6. The number of piperidine rings is 1. The number of fused-ring (bicyclic) bond motifs is 1. The Kier molecular flexibility index (Phi) is 7.83. The van der Waals surface area contributed by atoms with Crippen molar-refractivity contribution >= 4 is 5.91 Å². The number of hydrogen-bond donors (Lipinski definition) is 2. The monoisotopic (exact) mass is 490 g/mol. The topological polar surface area (TPSA) is 88.9 Å². The van der Waals surface area contributed by atoms with Crippen LogP contribution in [0.4, 0.5) is 0 Å². The summed E-state index contributed by atoms with van der Waals surface area (Å²) in [5, 5.41) is 10.9. The number of nitrogens with zero attached hydrogens (tertiary/aromatic N) is 2. The van der Waals surface area contributed by atoms with Crippen LogP contribution < -0.4 is 20.1 Å². The highest BCUT2D eigenvalue weighted by Crippen LogP contribution is 2.32. The zero-order valence-corrected chi connectivity index (χ0v) is 20.7. The van der Waals surface area contributed by atoms with Gasteiger partial charge in [-0.3, -0.25) is 9.69 Å². The molecular formula is C28H34N4O4. The van der Waals surface area contributed by atoms with Crippen molar-refractivity contribution in [3.05, 3.63) is 77.2 Å². The second kappa shape index (κ2) is 11.6. The maximum Gasteiger partial charge on any atom is 0.231 e. The number of amides is 1. The van der Waals surface area contributed by atoms with E-state index in [1.165, 1.54) is 5.56 Å². The molecule has 8 nitrogen and oxygen atoms in total. The quantitative estimate of drug-likeness (QED) is 0.450. The zero-order valence-electron chi connectivity index (χ0n) is 20.7. The summed E-state index contributed by atoms with van der Waals surface area (Å²) in [6.45, 7) is 4.11. The molecule has 2 atom stereocenters. The van der Waals surface area contributed by atoms with Crippen molar-refractivity contribution in [1.82, 2.24) is 20.7 Å². The Morgan fingerprint density at radius 2 is 1.92 bits per heavy atom. The van der Waals surface area contributed by atoms with E-state index in [9.17, 15) is 4.79 Å². The Balaban J connectivity index is 1.11.